The quantitative estimate of drug-likeness (QED) is 0.814. The van der Waals surface area contributed by atoms with Gasteiger partial charge in [-0.05, 0) is 52.9 Å². The molecule has 1 unspecified atom stereocenters. The first kappa shape index (κ1) is 17.0. The van der Waals surface area contributed by atoms with Gasteiger partial charge < -0.3 is 10.2 Å². The first-order valence-corrected chi connectivity index (χ1v) is 8.12. The van der Waals surface area contributed by atoms with Crippen LogP contribution in [0.2, 0.25) is 0 Å². The maximum absolute atomic E-state index is 12.3. The molecule has 0 spiro atoms. The van der Waals surface area contributed by atoms with Gasteiger partial charge in [-0.3, -0.25) is 9.59 Å². The van der Waals surface area contributed by atoms with Crippen molar-refractivity contribution in [2.45, 2.75) is 65.8 Å². The SMILES string of the molecule is CCC(C)NC(=O)C1CCC(C(=O)N(CC)CC)CC1. The van der Waals surface area contributed by atoms with E-state index in [1.54, 1.807) is 0 Å². The number of amides is 2. The van der Waals surface area contributed by atoms with Crippen molar-refractivity contribution in [3.05, 3.63) is 0 Å². The predicted molar refractivity (Wildman–Crippen MR) is 81.3 cm³/mol. The van der Waals surface area contributed by atoms with Gasteiger partial charge in [-0.2, -0.15) is 0 Å². The van der Waals surface area contributed by atoms with Crippen molar-refractivity contribution in [1.82, 2.24) is 10.2 Å². The van der Waals surface area contributed by atoms with Crippen molar-refractivity contribution >= 4 is 11.8 Å². The van der Waals surface area contributed by atoms with Gasteiger partial charge in [0.05, 0.1) is 0 Å². The number of carbonyl (C=O) groups excluding carboxylic acids is 2. The zero-order valence-electron chi connectivity index (χ0n) is 13.4. The van der Waals surface area contributed by atoms with Gasteiger partial charge in [0.1, 0.15) is 0 Å². The van der Waals surface area contributed by atoms with Gasteiger partial charge >= 0.3 is 0 Å². The summed E-state index contributed by atoms with van der Waals surface area (Å²) in [4.78, 5) is 26.3. The average Bonchev–Trinajstić information content (AvgIpc) is 2.48. The molecule has 0 aliphatic heterocycles. The summed E-state index contributed by atoms with van der Waals surface area (Å²) in [5.41, 5.74) is 0. The molecule has 20 heavy (non-hydrogen) atoms. The fourth-order valence-corrected chi connectivity index (χ4v) is 2.86. The molecule has 1 N–H and O–H groups in total. The van der Waals surface area contributed by atoms with Gasteiger partial charge in [0.25, 0.3) is 0 Å². The average molecular weight is 282 g/mol. The highest BCUT2D eigenvalue weighted by molar-refractivity contribution is 5.81. The molecule has 0 saturated heterocycles. The number of rotatable bonds is 6. The van der Waals surface area contributed by atoms with E-state index in [1.807, 2.05) is 25.7 Å². The molecule has 2 amide bonds. The lowest BCUT2D eigenvalue weighted by molar-refractivity contribution is -0.138. The van der Waals surface area contributed by atoms with Crippen molar-refractivity contribution in [3.8, 4) is 0 Å². The maximum Gasteiger partial charge on any atom is 0.225 e. The third-order valence-corrected chi connectivity index (χ3v) is 4.52. The van der Waals surface area contributed by atoms with Crippen LogP contribution in [-0.2, 0) is 9.59 Å². The van der Waals surface area contributed by atoms with Gasteiger partial charge in [-0.15, -0.1) is 0 Å². The van der Waals surface area contributed by atoms with Crippen molar-refractivity contribution < 1.29 is 9.59 Å². The monoisotopic (exact) mass is 282 g/mol. The number of nitrogens with one attached hydrogen (secondary N) is 1. The summed E-state index contributed by atoms with van der Waals surface area (Å²) in [7, 11) is 0. The maximum atomic E-state index is 12.3. The van der Waals surface area contributed by atoms with Gasteiger partial charge in [-0.1, -0.05) is 6.92 Å². The van der Waals surface area contributed by atoms with Crippen molar-refractivity contribution in [1.29, 1.82) is 0 Å². The van der Waals surface area contributed by atoms with Crippen LogP contribution in [0.3, 0.4) is 0 Å². The Labute approximate surface area is 123 Å². The summed E-state index contributed by atoms with van der Waals surface area (Å²) in [5.74, 6) is 0.677. The van der Waals surface area contributed by atoms with Crippen LogP contribution in [0.4, 0.5) is 0 Å². The molecule has 0 aromatic carbocycles. The van der Waals surface area contributed by atoms with Crippen molar-refractivity contribution in [3.63, 3.8) is 0 Å². The summed E-state index contributed by atoms with van der Waals surface area (Å²) in [6.45, 7) is 9.71. The predicted octanol–water partition coefficient (Wildman–Crippen LogP) is 2.58. The first-order chi connectivity index (χ1) is 9.53. The van der Waals surface area contributed by atoms with E-state index in [9.17, 15) is 9.59 Å². The molecule has 0 aromatic rings. The normalized spacial score (nSPS) is 24.0. The van der Waals surface area contributed by atoms with E-state index in [2.05, 4.69) is 12.2 Å². The Balaban J connectivity index is 2.43. The van der Waals surface area contributed by atoms with E-state index in [-0.39, 0.29) is 29.7 Å². The van der Waals surface area contributed by atoms with Crippen LogP contribution in [0.15, 0.2) is 0 Å². The van der Waals surface area contributed by atoms with E-state index >= 15 is 0 Å². The summed E-state index contributed by atoms with van der Waals surface area (Å²) >= 11 is 0. The number of carbonyl (C=O) groups is 2. The van der Waals surface area contributed by atoms with Crippen molar-refractivity contribution in [2.24, 2.45) is 11.8 Å². The molecule has 0 heterocycles. The highest BCUT2D eigenvalue weighted by atomic mass is 16.2. The molecule has 1 rings (SSSR count). The summed E-state index contributed by atoms with van der Waals surface area (Å²) in [5, 5.41) is 3.05. The van der Waals surface area contributed by atoms with Gasteiger partial charge in [0.2, 0.25) is 11.8 Å². The lowest BCUT2D eigenvalue weighted by atomic mass is 9.80. The fraction of sp³-hybridized carbons (Fsp3) is 0.875. The first-order valence-electron chi connectivity index (χ1n) is 8.12. The Kier molecular flexibility index (Phi) is 7.03. The van der Waals surface area contributed by atoms with Crippen LogP contribution >= 0.6 is 0 Å². The third-order valence-electron chi connectivity index (χ3n) is 4.52. The molecular weight excluding hydrogens is 252 g/mol. The zero-order chi connectivity index (χ0) is 15.1. The van der Waals surface area contributed by atoms with E-state index in [0.717, 1.165) is 45.2 Å². The largest absolute Gasteiger partial charge is 0.353 e. The minimum Gasteiger partial charge on any atom is -0.353 e. The Bertz CT molecular complexity index is 318. The highest BCUT2D eigenvalue weighted by Gasteiger charge is 2.31. The minimum atomic E-state index is 0.102. The summed E-state index contributed by atoms with van der Waals surface area (Å²) < 4.78 is 0. The molecule has 0 aromatic heterocycles. The molecule has 1 saturated carbocycles. The molecule has 1 atom stereocenters. The van der Waals surface area contributed by atoms with Crippen LogP contribution in [0.1, 0.15) is 59.8 Å². The van der Waals surface area contributed by atoms with Crippen LogP contribution in [0.5, 0.6) is 0 Å². The number of hydrogen-bond donors (Lipinski definition) is 1. The topological polar surface area (TPSA) is 49.4 Å². The highest BCUT2D eigenvalue weighted by Crippen LogP contribution is 2.30. The lowest BCUT2D eigenvalue weighted by Gasteiger charge is -2.31. The molecule has 1 fully saturated rings. The van der Waals surface area contributed by atoms with E-state index in [4.69, 9.17) is 0 Å². The van der Waals surface area contributed by atoms with Crippen LogP contribution in [0, 0.1) is 11.8 Å². The molecule has 1 aliphatic rings. The van der Waals surface area contributed by atoms with Crippen molar-refractivity contribution in [2.75, 3.05) is 13.1 Å². The second-order valence-corrected chi connectivity index (χ2v) is 5.88. The fourth-order valence-electron chi connectivity index (χ4n) is 2.86. The molecule has 0 radical (unpaired) electrons. The summed E-state index contributed by atoms with van der Waals surface area (Å²) in [6.07, 6.45) is 4.36. The van der Waals surface area contributed by atoms with E-state index in [0.29, 0.717) is 0 Å². The van der Waals surface area contributed by atoms with Crippen LogP contribution in [-0.4, -0.2) is 35.8 Å². The Morgan fingerprint density at radius 3 is 2.00 bits per heavy atom. The summed E-state index contributed by atoms with van der Waals surface area (Å²) in [6, 6.07) is 0.248. The Morgan fingerprint density at radius 2 is 1.55 bits per heavy atom. The Morgan fingerprint density at radius 1 is 1.05 bits per heavy atom. The Hall–Kier alpha value is -1.06. The standard InChI is InChI=1S/C16H30N2O2/c1-5-12(4)17-15(19)13-8-10-14(11-9-13)16(20)18(6-2)7-3/h12-14H,5-11H2,1-4H3,(H,17,19). The second kappa shape index (κ2) is 8.28. The van der Waals surface area contributed by atoms with E-state index < -0.39 is 0 Å². The minimum absolute atomic E-state index is 0.102. The van der Waals surface area contributed by atoms with Crippen LogP contribution < -0.4 is 5.32 Å². The number of hydrogen-bond acceptors (Lipinski definition) is 2. The lowest BCUT2D eigenvalue weighted by Crippen LogP contribution is -2.41. The molecule has 4 nitrogen and oxygen atoms in total. The third kappa shape index (κ3) is 4.50. The molecular formula is C16H30N2O2. The molecule has 1 aliphatic carbocycles. The van der Waals surface area contributed by atoms with Gasteiger partial charge in [-0.25, -0.2) is 0 Å². The molecule has 4 heteroatoms. The van der Waals surface area contributed by atoms with Gasteiger partial charge in [0, 0.05) is 31.0 Å². The molecule has 116 valence electrons. The second-order valence-electron chi connectivity index (χ2n) is 5.88. The smallest absolute Gasteiger partial charge is 0.225 e. The van der Waals surface area contributed by atoms with Crippen LogP contribution in [0.25, 0.3) is 0 Å². The number of nitrogens with zero attached hydrogens (tertiary/aromatic N) is 1. The van der Waals surface area contributed by atoms with E-state index in [1.165, 1.54) is 0 Å². The van der Waals surface area contributed by atoms with Gasteiger partial charge in [0.15, 0.2) is 0 Å². The molecule has 0 bridgehead atoms. The zero-order valence-corrected chi connectivity index (χ0v) is 13.4.